The van der Waals surface area contributed by atoms with Gasteiger partial charge in [0.25, 0.3) is 11.5 Å². The molecule has 11 heteroatoms. The lowest BCUT2D eigenvalue weighted by molar-refractivity contribution is 0.0941. The predicted molar refractivity (Wildman–Crippen MR) is 169 cm³/mol. The number of anilines is 1. The number of halogens is 1. The van der Waals surface area contributed by atoms with Gasteiger partial charge in [-0.05, 0) is 61.0 Å². The Labute approximate surface area is 255 Å². The molecule has 1 amide bonds. The molecule has 0 aliphatic carbocycles. The third-order valence-electron chi connectivity index (χ3n) is 7.40. The highest BCUT2D eigenvalue weighted by molar-refractivity contribution is 9.10. The molecule has 0 aliphatic heterocycles. The highest BCUT2D eigenvalue weighted by Gasteiger charge is 2.26. The standard InChI is InChI=1S/C32H27BrN8O2/c1-18-15-16-40-30(36-18)26(29(34)38-40)31(42)37-19(2)28-27(33)24-12-8-9-21(13-14-22-17-35-39(4)20(22)3)25(24)32(43)41(28)23-10-6-5-7-11-23/h5-12,15-17,19H,1-4H3,(H2,34,38)(H,37,42)/t19-/m1/s1. The van der Waals surface area contributed by atoms with Crippen molar-refractivity contribution in [1.29, 1.82) is 0 Å². The van der Waals surface area contributed by atoms with Crippen LogP contribution in [0.25, 0.3) is 22.1 Å². The molecular formula is C32H27BrN8O2. The number of nitrogens with one attached hydrogen (secondary N) is 1. The van der Waals surface area contributed by atoms with Crippen molar-refractivity contribution in [3.63, 3.8) is 0 Å². The lowest BCUT2D eigenvalue weighted by atomic mass is 10.0. The van der Waals surface area contributed by atoms with Crippen LogP contribution in [-0.4, -0.2) is 34.9 Å². The Bertz CT molecular complexity index is 2180. The second-order valence-corrected chi connectivity index (χ2v) is 11.0. The van der Waals surface area contributed by atoms with Crippen LogP contribution in [0, 0.1) is 25.7 Å². The number of hydrogen-bond acceptors (Lipinski definition) is 6. The van der Waals surface area contributed by atoms with Crippen molar-refractivity contribution in [2.75, 3.05) is 5.73 Å². The zero-order valence-corrected chi connectivity index (χ0v) is 25.5. The van der Waals surface area contributed by atoms with Gasteiger partial charge in [-0.15, -0.1) is 5.10 Å². The second-order valence-electron chi connectivity index (χ2n) is 10.2. The first-order chi connectivity index (χ1) is 20.7. The molecule has 0 bridgehead atoms. The molecular weight excluding hydrogens is 608 g/mol. The minimum atomic E-state index is -0.633. The van der Waals surface area contributed by atoms with Crippen molar-refractivity contribution in [3.8, 4) is 17.5 Å². The number of amides is 1. The maximum Gasteiger partial charge on any atom is 0.264 e. The number of carbonyl (C=O) groups is 1. The minimum Gasteiger partial charge on any atom is -0.381 e. The normalized spacial score (nSPS) is 11.8. The van der Waals surface area contributed by atoms with Gasteiger partial charge in [-0.25, -0.2) is 9.50 Å². The van der Waals surface area contributed by atoms with Crippen LogP contribution in [-0.2, 0) is 7.05 Å². The number of nitrogens with two attached hydrogens (primary N) is 1. The van der Waals surface area contributed by atoms with E-state index in [9.17, 15) is 9.59 Å². The molecule has 6 rings (SSSR count). The van der Waals surface area contributed by atoms with Crippen LogP contribution < -0.4 is 16.6 Å². The van der Waals surface area contributed by atoms with Gasteiger partial charge in [0, 0.05) is 40.0 Å². The van der Waals surface area contributed by atoms with Gasteiger partial charge in [-0.2, -0.15) is 5.10 Å². The van der Waals surface area contributed by atoms with E-state index in [0.29, 0.717) is 37.8 Å². The molecule has 2 aromatic carbocycles. The zero-order valence-electron chi connectivity index (χ0n) is 23.9. The van der Waals surface area contributed by atoms with Gasteiger partial charge >= 0.3 is 0 Å². The van der Waals surface area contributed by atoms with Gasteiger partial charge in [0.15, 0.2) is 11.5 Å². The summed E-state index contributed by atoms with van der Waals surface area (Å²) in [5.74, 6) is 5.97. The van der Waals surface area contributed by atoms with Crippen molar-refractivity contribution in [3.05, 3.63) is 116 Å². The average molecular weight is 636 g/mol. The van der Waals surface area contributed by atoms with Crippen LogP contribution in [0.4, 0.5) is 5.82 Å². The first-order valence-electron chi connectivity index (χ1n) is 13.5. The molecule has 214 valence electrons. The fraction of sp³-hybridized carbons (Fsp3) is 0.156. The number of para-hydroxylation sites is 1. The van der Waals surface area contributed by atoms with Crippen molar-refractivity contribution >= 4 is 44.1 Å². The maximum absolute atomic E-state index is 14.4. The molecule has 0 spiro atoms. The molecule has 0 fully saturated rings. The van der Waals surface area contributed by atoms with E-state index in [1.54, 1.807) is 27.7 Å². The highest BCUT2D eigenvalue weighted by Crippen LogP contribution is 2.33. The first-order valence-corrected chi connectivity index (χ1v) is 14.3. The molecule has 4 aromatic heterocycles. The third-order valence-corrected chi connectivity index (χ3v) is 8.23. The summed E-state index contributed by atoms with van der Waals surface area (Å²) in [5.41, 5.74) is 10.6. The highest BCUT2D eigenvalue weighted by atomic mass is 79.9. The number of hydrogen-bond donors (Lipinski definition) is 2. The van der Waals surface area contributed by atoms with Gasteiger partial charge in [0.1, 0.15) is 5.56 Å². The molecule has 0 aliphatic rings. The Balaban J connectivity index is 1.52. The molecule has 43 heavy (non-hydrogen) atoms. The summed E-state index contributed by atoms with van der Waals surface area (Å²) in [7, 11) is 1.86. The molecule has 3 N–H and O–H groups in total. The zero-order chi connectivity index (χ0) is 30.4. The second kappa shape index (κ2) is 10.9. The molecule has 4 heterocycles. The number of carbonyl (C=O) groups excluding carboxylic acids is 1. The predicted octanol–water partition coefficient (Wildman–Crippen LogP) is 4.62. The fourth-order valence-corrected chi connectivity index (χ4v) is 5.94. The van der Waals surface area contributed by atoms with E-state index in [4.69, 9.17) is 5.73 Å². The van der Waals surface area contributed by atoms with E-state index < -0.39 is 11.9 Å². The van der Waals surface area contributed by atoms with E-state index in [1.807, 2.05) is 76.3 Å². The molecule has 10 nitrogen and oxygen atoms in total. The summed E-state index contributed by atoms with van der Waals surface area (Å²) >= 11 is 3.79. The Kier molecular flexibility index (Phi) is 7.07. The quantitative estimate of drug-likeness (QED) is 0.273. The van der Waals surface area contributed by atoms with Gasteiger partial charge in [-0.3, -0.25) is 18.8 Å². The van der Waals surface area contributed by atoms with E-state index >= 15 is 0 Å². The number of nitrogens with zero attached hydrogens (tertiary/aromatic N) is 6. The Morgan fingerprint density at radius 1 is 1.05 bits per heavy atom. The van der Waals surface area contributed by atoms with Crippen molar-refractivity contribution in [2.24, 2.45) is 7.05 Å². The number of rotatable bonds is 4. The summed E-state index contributed by atoms with van der Waals surface area (Å²) in [6.07, 6.45) is 3.42. The van der Waals surface area contributed by atoms with Gasteiger partial charge in [0.2, 0.25) is 0 Å². The number of aryl methyl sites for hydroxylation is 2. The Morgan fingerprint density at radius 2 is 1.79 bits per heavy atom. The van der Waals surface area contributed by atoms with Gasteiger partial charge in [0.05, 0.1) is 34.6 Å². The first kappa shape index (κ1) is 27.9. The Morgan fingerprint density at radius 3 is 2.51 bits per heavy atom. The van der Waals surface area contributed by atoms with E-state index in [-0.39, 0.29) is 16.9 Å². The summed E-state index contributed by atoms with van der Waals surface area (Å²) in [6.45, 7) is 5.59. The number of aromatic nitrogens is 6. The third kappa shape index (κ3) is 4.85. The largest absolute Gasteiger partial charge is 0.381 e. The summed E-state index contributed by atoms with van der Waals surface area (Å²) in [5, 5.41) is 12.7. The molecule has 0 radical (unpaired) electrons. The maximum atomic E-state index is 14.4. The van der Waals surface area contributed by atoms with Crippen molar-refractivity contribution in [1.82, 2.24) is 34.3 Å². The smallest absolute Gasteiger partial charge is 0.264 e. The Hall–Kier alpha value is -5.21. The van der Waals surface area contributed by atoms with Crippen molar-refractivity contribution < 1.29 is 4.79 Å². The minimum absolute atomic E-state index is 0.0629. The topological polar surface area (TPSA) is 125 Å². The van der Waals surface area contributed by atoms with Crippen LogP contribution >= 0.6 is 15.9 Å². The SMILES string of the molecule is Cc1ccn2nc(N)c(C(=O)N[C@H](C)c3c(Br)c4cccc(C#Cc5cnn(C)c5C)c4c(=O)n3-c3ccccc3)c2n1. The molecule has 1 atom stereocenters. The average Bonchev–Trinajstić information content (AvgIpc) is 3.50. The van der Waals surface area contributed by atoms with Crippen LogP contribution in [0.2, 0.25) is 0 Å². The van der Waals surface area contributed by atoms with E-state index in [2.05, 4.69) is 48.3 Å². The van der Waals surface area contributed by atoms with Crippen LogP contribution in [0.1, 0.15) is 51.5 Å². The molecule has 0 saturated heterocycles. The van der Waals surface area contributed by atoms with Crippen LogP contribution in [0.5, 0.6) is 0 Å². The van der Waals surface area contributed by atoms with Crippen LogP contribution in [0.15, 0.2) is 76.3 Å². The number of nitrogen functional groups attached to an aromatic ring is 1. The summed E-state index contributed by atoms with van der Waals surface area (Å²) in [6, 6.07) is 16.0. The lowest BCUT2D eigenvalue weighted by Gasteiger charge is -2.23. The molecule has 0 saturated carbocycles. The monoisotopic (exact) mass is 634 g/mol. The van der Waals surface area contributed by atoms with Crippen molar-refractivity contribution in [2.45, 2.75) is 26.8 Å². The van der Waals surface area contributed by atoms with E-state index in [1.165, 1.54) is 4.52 Å². The summed E-state index contributed by atoms with van der Waals surface area (Å²) < 4.78 is 5.50. The van der Waals surface area contributed by atoms with Crippen LogP contribution in [0.3, 0.4) is 0 Å². The lowest BCUT2D eigenvalue weighted by Crippen LogP contribution is -2.33. The number of fused-ring (bicyclic) bond motifs is 2. The van der Waals surface area contributed by atoms with Gasteiger partial charge < -0.3 is 11.1 Å². The molecule has 0 unspecified atom stereocenters. The van der Waals surface area contributed by atoms with E-state index in [0.717, 1.165) is 17.0 Å². The molecule has 6 aromatic rings. The number of pyridine rings is 1. The van der Waals surface area contributed by atoms with Gasteiger partial charge in [-0.1, -0.05) is 42.2 Å². The summed E-state index contributed by atoms with van der Waals surface area (Å²) in [4.78, 5) is 32.5. The fourth-order valence-electron chi connectivity index (χ4n) is 5.09. The number of benzene rings is 2.